The van der Waals surface area contributed by atoms with Gasteiger partial charge in [-0.1, -0.05) is 41.4 Å². The van der Waals surface area contributed by atoms with Crippen LogP contribution in [0.1, 0.15) is 46.5 Å². The molecule has 2 atom stereocenters. The van der Waals surface area contributed by atoms with E-state index in [9.17, 15) is 4.39 Å². The summed E-state index contributed by atoms with van der Waals surface area (Å²) < 4.78 is 20.2. The number of aryl methyl sites for hydroxylation is 2. The first-order valence-electron chi connectivity index (χ1n) is 9.64. The maximum atomic E-state index is 13.9. The molecule has 2 aliphatic heterocycles. The van der Waals surface area contributed by atoms with Crippen molar-refractivity contribution in [3.63, 3.8) is 0 Å². The number of benzene rings is 3. The predicted octanol–water partition coefficient (Wildman–Crippen LogP) is 6.34. The lowest BCUT2D eigenvalue weighted by Gasteiger charge is -2.38. The summed E-state index contributed by atoms with van der Waals surface area (Å²) in [5.74, 6) is 0.477. The van der Waals surface area contributed by atoms with Crippen molar-refractivity contribution in [2.45, 2.75) is 32.5 Å². The van der Waals surface area contributed by atoms with Crippen LogP contribution in [0, 0.1) is 19.7 Å². The lowest BCUT2D eigenvalue weighted by atomic mass is 9.93. The van der Waals surface area contributed by atoms with E-state index in [0.29, 0.717) is 5.02 Å². The minimum atomic E-state index is -0.494. The van der Waals surface area contributed by atoms with E-state index in [2.05, 4.69) is 32.0 Å². The highest BCUT2D eigenvalue weighted by molar-refractivity contribution is 6.30. The molecule has 0 spiro atoms. The van der Waals surface area contributed by atoms with Gasteiger partial charge in [-0.25, -0.2) is 9.40 Å². The Labute approximate surface area is 174 Å². The summed E-state index contributed by atoms with van der Waals surface area (Å²) in [5, 5.41) is 7.57. The molecule has 0 saturated carbocycles. The van der Waals surface area contributed by atoms with E-state index in [4.69, 9.17) is 21.4 Å². The number of rotatable bonds is 2. The number of nitrogens with zero attached hydrogens (tertiary/aromatic N) is 2. The molecule has 0 amide bonds. The van der Waals surface area contributed by atoms with Crippen LogP contribution in [0.15, 0.2) is 65.8 Å². The van der Waals surface area contributed by atoms with Crippen molar-refractivity contribution >= 4 is 17.3 Å². The summed E-state index contributed by atoms with van der Waals surface area (Å²) in [6.45, 7) is 4.18. The quantitative estimate of drug-likeness (QED) is 0.496. The normalized spacial score (nSPS) is 20.0. The minimum Gasteiger partial charge on any atom is -0.464 e. The molecular formula is C24H20ClFN2O. The maximum Gasteiger partial charge on any atom is 0.213 e. The van der Waals surface area contributed by atoms with Crippen LogP contribution in [0.4, 0.5) is 4.39 Å². The van der Waals surface area contributed by atoms with Crippen LogP contribution in [0.25, 0.3) is 0 Å². The smallest absolute Gasteiger partial charge is 0.213 e. The molecular weight excluding hydrogens is 387 g/mol. The molecule has 0 fully saturated rings. The van der Waals surface area contributed by atoms with Gasteiger partial charge in [-0.05, 0) is 55.8 Å². The molecule has 0 unspecified atom stereocenters. The van der Waals surface area contributed by atoms with E-state index in [-0.39, 0.29) is 11.9 Å². The van der Waals surface area contributed by atoms with Gasteiger partial charge in [-0.2, -0.15) is 5.10 Å². The van der Waals surface area contributed by atoms with Crippen molar-refractivity contribution in [1.29, 1.82) is 0 Å². The fourth-order valence-corrected chi connectivity index (χ4v) is 4.33. The van der Waals surface area contributed by atoms with Crippen LogP contribution in [0.3, 0.4) is 0 Å². The molecule has 3 nitrogen and oxygen atoms in total. The van der Waals surface area contributed by atoms with Crippen LogP contribution >= 0.6 is 11.6 Å². The second-order valence-electron chi connectivity index (χ2n) is 7.67. The van der Waals surface area contributed by atoms with E-state index in [1.54, 1.807) is 6.07 Å². The summed E-state index contributed by atoms with van der Waals surface area (Å²) in [6, 6.07) is 18.5. The fourth-order valence-electron chi connectivity index (χ4n) is 4.15. The summed E-state index contributed by atoms with van der Waals surface area (Å²) in [4.78, 5) is 0. The van der Waals surface area contributed by atoms with Gasteiger partial charge in [0, 0.05) is 28.1 Å². The minimum absolute atomic E-state index is 0.0133. The van der Waals surface area contributed by atoms with Gasteiger partial charge in [-0.15, -0.1) is 0 Å². The van der Waals surface area contributed by atoms with Crippen molar-refractivity contribution in [1.82, 2.24) is 5.01 Å². The van der Waals surface area contributed by atoms with Crippen molar-refractivity contribution in [3.05, 3.63) is 99.3 Å². The monoisotopic (exact) mass is 406 g/mol. The highest BCUT2D eigenvalue weighted by Crippen LogP contribution is 2.48. The number of ether oxygens (including phenoxy) is 1. The molecule has 5 heteroatoms. The average molecular weight is 407 g/mol. The third-order valence-electron chi connectivity index (χ3n) is 5.59. The Morgan fingerprint density at radius 1 is 1.07 bits per heavy atom. The molecule has 0 aliphatic carbocycles. The van der Waals surface area contributed by atoms with E-state index >= 15 is 0 Å². The zero-order valence-corrected chi connectivity index (χ0v) is 16.9. The lowest BCUT2D eigenvalue weighted by Crippen LogP contribution is -2.33. The van der Waals surface area contributed by atoms with Crippen LogP contribution in [0.5, 0.6) is 5.75 Å². The number of halogens is 2. The van der Waals surface area contributed by atoms with Crippen molar-refractivity contribution < 1.29 is 9.13 Å². The van der Waals surface area contributed by atoms with Crippen molar-refractivity contribution in [2.75, 3.05) is 0 Å². The Bertz CT molecular complexity index is 1140. The molecule has 0 aromatic heterocycles. The van der Waals surface area contributed by atoms with Gasteiger partial charge in [-0.3, -0.25) is 0 Å². The highest BCUT2D eigenvalue weighted by atomic mass is 35.5. The third kappa shape index (κ3) is 3.18. The zero-order valence-electron chi connectivity index (χ0n) is 16.2. The summed E-state index contributed by atoms with van der Waals surface area (Å²) in [6.07, 6.45) is 0.249. The van der Waals surface area contributed by atoms with Crippen molar-refractivity contribution in [2.24, 2.45) is 5.10 Å². The Morgan fingerprint density at radius 2 is 1.93 bits per heavy atom. The predicted molar refractivity (Wildman–Crippen MR) is 113 cm³/mol. The third-order valence-corrected chi connectivity index (χ3v) is 5.82. The molecule has 29 heavy (non-hydrogen) atoms. The van der Waals surface area contributed by atoms with Crippen LogP contribution in [-0.2, 0) is 0 Å². The molecule has 2 aliphatic rings. The molecule has 5 rings (SSSR count). The van der Waals surface area contributed by atoms with Gasteiger partial charge in [0.1, 0.15) is 11.6 Å². The molecule has 0 saturated heterocycles. The molecule has 0 bridgehead atoms. The summed E-state index contributed by atoms with van der Waals surface area (Å²) in [5.41, 5.74) is 6.27. The van der Waals surface area contributed by atoms with Gasteiger partial charge in [0.15, 0.2) is 0 Å². The lowest BCUT2D eigenvalue weighted by molar-refractivity contribution is -0.0192. The number of hydrogen-bond donors (Lipinski definition) is 0. The van der Waals surface area contributed by atoms with E-state index in [1.165, 1.54) is 23.3 Å². The van der Waals surface area contributed by atoms with Crippen LogP contribution in [0.2, 0.25) is 5.02 Å². The van der Waals surface area contributed by atoms with E-state index < -0.39 is 6.23 Å². The maximum absolute atomic E-state index is 13.9. The van der Waals surface area contributed by atoms with E-state index in [0.717, 1.165) is 34.6 Å². The Hall–Kier alpha value is -2.85. The fraction of sp³-hybridized carbons (Fsp3) is 0.208. The molecule has 2 heterocycles. The molecule has 0 radical (unpaired) electrons. The largest absolute Gasteiger partial charge is 0.464 e. The standard InChI is InChI=1S/C24H20ClFN2O/c1-14-6-7-15(2)19(10-14)21-13-22-20-12-17(25)8-9-23(20)29-24(28(22)27-21)16-4-3-5-18(26)11-16/h3-12,22,24H,13H2,1-2H3/t22-,24+/m1/s1. The first-order valence-corrected chi connectivity index (χ1v) is 10.0. The van der Waals surface area contributed by atoms with Gasteiger partial charge < -0.3 is 4.74 Å². The first-order chi connectivity index (χ1) is 14.0. The Kier molecular flexibility index (Phi) is 4.32. The van der Waals surface area contributed by atoms with Gasteiger partial charge in [0.2, 0.25) is 6.23 Å². The SMILES string of the molecule is Cc1ccc(C)c(C2=NN3[C@H](C2)c2cc(Cl)ccc2O[C@H]3c2cccc(F)c2)c1. The second kappa shape index (κ2) is 6.89. The number of hydrazone groups is 1. The van der Waals surface area contributed by atoms with Crippen LogP contribution < -0.4 is 4.74 Å². The van der Waals surface area contributed by atoms with Gasteiger partial charge >= 0.3 is 0 Å². The summed E-state index contributed by atoms with van der Waals surface area (Å²) >= 11 is 6.28. The molecule has 3 aromatic carbocycles. The molecule has 0 N–H and O–H groups in total. The second-order valence-corrected chi connectivity index (χ2v) is 8.11. The molecule has 146 valence electrons. The topological polar surface area (TPSA) is 24.8 Å². The molecule has 3 aromatic rings. The van der Waals surface area contributed by atoms with Crippen molar-refractivity contribution in [3.8, 4) is 5.75 Å². The van der Waals surface area contributed by atoms with Gasteiger partial charge in [0.05, 0.1) is 11.8 Å². The zero-order chi connectivity index (χ0) is 20.1. The number of fused-ring (bicyclic) bond motifs is 3. The summed E-state index contributed by atoms with van der Waals surface area (Å²) in [7, 11) is 0. The Balaban J connectivity index is 1.64. The first kappa shape index (κ1) is 18.2. The van der Waals surface area contributed by atoms with Crippen LogP contribution in [-0.4, -0.2) is 10.7 Å². The Morgan fingerprint density at radius 3 is 2.76 bits per heavy atom. The number of hydrogen-bond acceptors (Lipinski definition) is 3. The van der Waals surface area contributed by atoms with Gasteiger partial charge in [0.25, 0.3) is 0 Å². The van der Waals surface area contributed by atoms with E-state index in [1.807, 2.05) is 29.3 Å². The highest BCUT2D eigenvalue weighted by Gasteiger charge is 2.41. The average Bonchev–Trinajstić information content (AvgIpc) is 3.15.